The number of hydrogen-bond donors (Lipinski definition) is 2. The fourth-order valence-corrected chi connectivity index (χ4v) is 7.02. The minimum absolute atomic E-state index is 0.0390. The maximum Gasteiger partial charge on any atom is 0.337 e. The van der Waals surface area contributed by atoms with Crippen LogP contribution in [0.25, 0.3) is 0 Å². The molecule has 4 aromatic carbocycles. The molecule has 6 rings (SSSR count). The van der Waals surface area contributed by atoms with Crippen LogP contribution in [0.2, 0.25) is 15.1 Å². The summed E-state index contributed by atoms with van der Waals surface area (Å²) in [6, 6.07) is 21.4. The lowest BCUT2D eigenvalue weighted by molar-refractivity contribution is -0.131. The van der Waals surface area contributed by atoms with Gasteiger partial charge >= 0.3 is 5.97 Å². The van der Waals surface area contributed by atoms with E-state index in [1.165, 1.54) is 19.2 Å². The minimum Gasteiger partial charge on any atom is -0.465 e. The van der Waals surface area contributed by atoms with Gasteiger partial charge in [-0.1, -0.05) is 68.9 Å². The Morgan fingerprint density at radius 1 is 0.930 bits per heavy atom. The van der Waals surface area contributed by atoms with Crippen LogP contribution in [-0.4, -0.2) is 24.9 Å². The summed E-state index contributed by atoms with van der Waals surface area (Å²) in [6.45, 7) is 0. The summed E-state index contributed by atoms with van der Waals surface area (Å²) in [7, 11) is 1.28. The number of ether oxygens (including phenoxy) is 2. The second-order valence-corrected chi connectivity index (χ2v) is 12.4. The second-order valence-electron chi connectivity index (χ2n) is 10.2. The van der Waals surface area contributed by atoms with Gasteiger partial charge in [0.25, 0.3) is 0 Å². The van der Waals surface area contributed by atoms with Gasteiger partial charge < -0.3 is 20.1 Å². The zero-order valence-electron chi connectivity index (χ0n) is 22.4. The lowest BCUT2D eigenvalue weighted by atomic mass is 9.59. The van der Waals surface area contributed by atoms with Crippen LogP contribution in [0.15, 0.2) is 83.3 Å². The molecule has 218 valence electrons. The van der Waals surface area contributed by atoms with Gasteiger partial charge in [0.1, 0.15) is 16.9 Å². The Bertz CT molecular complexity index is 1820. The van der Waals surface area contributed by atoms with Gasteiger partial charge in [0.15, 0.2) is 0 Å². The maximum absolute atomic E-state index is 14.4. The summed E-state index contributed by atoms with van der Waals surface area (Å²) in [5.41, 5.74) is 1.46. The summed E-state index contributed by atoms with van der Waals surface area (Å²) in [5.74, 6) is -1.07. The molecule has 2 heterocycles. The Kier molecular flexibility index (Phi) is 7.89. The van der Waals surface area contributed by atoms with Gasteiger partial charge in [-0.15, -0.1) is 0 Å². The SMILES string of the molecule is COC(=O)c1ccc(Oc2ccc(Br)cc2[C@H]2NC(=O)C[C@@H](c3cccc(Cl)c3)[C@]23C(=O)Nc2cc(Cl)ccc23)c(Cl)c1. The van der Waals surface area contributed by atoms with Crippen LogP contribution in [-0.2, 0) is 19.7 Å². The van der Waals surface area contributed by atoms with Gasteiger partial charge in [0.05, 0.1) is 23.7 Å². The molecule has 2 N–H and O–H groups in total. The van der Waals surface area contributed by atoms with Crippen molar-refractivity contribution in [3.63, 3.8) is 0 Å². The average Bonchev–Trinajstić information content (AvgIpc) is 3.26. The molecule has 4 aromatic rings. The summed E-state index contributed by atoms with van der Waals surface area (Å²) in [5, 5.41) is 7.25. The number of esters is 1. The molecule has 3 atom stereocenters. The number of amides is 2. The first-order valence-electron chi connectivity index (χ1n) is 13.1. The zero-order valence-corrected chi connectivity index (χ0v) is 26.3. The number of halogens is 4. The molecule has 0 saturated carbocycles. The minimum atomic E-state index is -1.31. The van der Waals surface area contributed by atoms with E-state index in [9.17, 15) is 14.4 Å². The second kappa shape index (κ2) is 11.5. The van der Waals surface area contributed by atoms with Gasteiger partial charge in [-0.25, -0.2) is 4.79 Å². The normalized spacial score (nSPS) is 20.8. The molecule has 0 radical (unpaired) electrons. The fraction of sp³-hybridized carbons (Fsp3) is 0.156. The number of hydrogen-bond acceptors (Lipinski definition) is 5. The predicted molar refractivity (Wildman–Crippen MR) is 168 cm³/mol. The molecule has 2 aliphatic rings. The number of methoxy groups -OCH3 is 1. The van der Waals surface area contributed by atoms with Gasteiger partial charge in [-0.05, 0) is 71.8 Å². The highest BCUT2D eigenvalue weighted by molar-refractivity contribution is 9.10. The van der Waals surface area contributed by atoms with E-state index >= 15 is 0 Å². The van der Waals surface area contributed by atoms with Crippen molar-refractivity contribution in [1.29, 1.82) is 0 Å². The van der Waals surface area contributed by atoms with Gasteiger partial charge in [0.2, 0.25) is 11.8 Å². The van der Waals surface area contributed by atoms with Crippen molar-refractivity contribution < 1.29 is 23.9 Å². The molecule has 1 saturated heterocycles. The van der Waals surface area contributed by atoms with E-state index < -0.39 is 23.3 Å². The molecule has 7 nitrogen and oxygen atoms in total. The Hall–Kier alpha value is -3.56. The Morgan fingerprint density at radius 3 is 2.44 bits per heavy atom. The number of anilines is 1. The molecule has 1 fully saturated rings. The van der Waals surface area contributed by atoms with E-state index in [1.54, 1.807) is 54.6 Å². The molecule has 0 bridgehead atoms. The quantitative estimate of drug-likeness (QED) is 0.205. The molecular weight excluding hydrogens is 679 g/mol. The van der Waals surface area contributed by atoms with E-state index in [-0.39, 0.29) is 34.6 Å². The van der Waals surface area contributed by atoms with E-state index in [0.717, 1.165) is 5.56 Å². The molecule has 0 unspecified atom stereocenters. The lowest BCUT2D eigenvalue weighted by Gasteiger charge is -2.46. The molecule has 1 spiro atoms. The lowest BCUT2D eigenvalue weighted by Crippen LogP contribution is -2.56. The highest BCUT2D eigenvalue weighted by Gasteiger charge is 2.61. The molecular formula is C32H22BrCl3N2O5. The van der Waals surface area contributed by atoms with Crippen LogP contribution in [0, 0.1) is 0 Å². The monoisotopic (exact) mass is 698 g/mol. The molecule has 11 heteroatoms. The van der Waals surface area contributed by atoms with Crippen molar-refractivity contribution >= 4 is 74.2 Å². The number of rotatable bonds is 5. The molecule has 2 amide bonds. The summed E-state index contributed by atoms with van der Waals surface area (Å²) < 4.78 is 11.8. The summed E-state index contributed by atoms with van der Waals surface area (Å²) >= 11 is 22.8. The van der Waals surface area contributed by atoms with Crippen molar-refractivity contribution in [2.45, 2.75) is 23.8 Å². The molecule has 0 aromatic heterocycles. The van der Waals surface area contributed by atoms with Crippen molar-refractivity contribution in [3.05, 3.63) is 121 Å². The van der Waals surface area contributed by atoms with E-state index in [0.29, 0.717) is 37.1 Å². The largest absolute Gasteiger partial charge is 0.465 e. The molecule has 0 aliphatic carbocycles. The van der Waals surface area contributed by atoms with E-state index in [4.69, 9.17) is 44.3 Å². The molecule has 2 aliphatic heterocycles. The standard InChI is InChI=1S/C32H22BrCl3N2O5/c1-42-30(40)17-5-9-27(24(36)12-17)43-26-10-6-18(33)13-21(26)29-32(22-8-7-20(35)14-25(22)37-31(32)41)23(15-28(39)38-29)16-3-2-4-19(34)11-16/h2-14,23,29H,15H2,1H3,(H,37,41)(H,38,39)/t23-,29+,32-/m0/s1. The van der Waals surface area contributed by atoms with Gasteiger partial charge in [-0.3, -0.25) is 9.59 Å². The van der Waals surface area contributed by atoms with Crippen molar-refractivity contribution in [3.8, 4) is 11.5 Å². The van der Waals surface area contributed by atoms with Crippen molar-refractivity contribution in [2.75, 3.05) is 12.4 Å². The van der Waals surface area contributed by atoms with Crippen LogP contribution in [0.4, 0.5) is 5.69 Å². The number of carbonyl (C=O) groups excluding carboxylic acids is 3. The summed E-state index contributed by atoms with van der Waals surface area (Å²) in [4.78, 5) is 39.8. The van der Waals surface area contributed by atoms with Crippen molar-refractivity contribution in [1.82, 2.24) is 5.32 Å². The van der Waals surface area contributed by atoms with Crippen LogP contribution in [0.5, 0.6) is 11.5 Å². The van der Waals surface area contributed by atoms with Crippen LogP contribution in [0.3, 0.4) is 0 Å². The third-order valence-corrected chi connectivity index (χ3v) is 9.12. The third kappa shape index (κ3) is 5.16. The van der Waals surface area contributed by atoms with E-state index in [1.807, 2.05) is 12.1 Å². The van der Waals surface area contributed by atoms with Crippen LogP contribution in [0.1, 0.15) is 45.4 Å². The number of carbonyl (C=O) groups is 3. The predicted octanol–water partition coefficient (Wildman–Crippen LogP) is 8.22. The maximum atomic E-state index is 14.4. The third-order valence-electron chi connectivity index (χ3n) is 7.86. The first kappa shape index (κ1) is 29.5. The van der Waals surface area contributed by atoms with Crippen LogP contribution < -0.4 is 15.4 Å². The number of nitrogens with one attached hydrogen (secondary N) is 2. The number of fused-ring (bicyclic) bond motifs is 2. The summed E-state index contributed by atoms with van der Waals surface area (Å²) in [6.07, 6.45) is 0.0390. The fourth-order valence-electron chi connectivity index (χ4n) is 6.05. The Balaban J connectivity index is 1.55. The topological polar surface area (TPSA) is 93.7 Å². The first-order chi connectivity index (χ1) is 20.6. The Morgan fingerprint density at radius 2 is 1.70 bits per heavy atom. The zero-order chi connectivity index (χ0) is 30.5. The highest BCUT2D eigenvalue weighted by Crippen LogP contribution is 2.59. The smallest absolute Gasteiger partial charge is 0.337 e. The van der Waals surface area contributed by atoms with E-state index in [2.05, 4.69) is 26.6 Å². The van der Waals surface area contributed by atoms with Crippen molar-refractivity contribution in [2.24, 2.45) is 0 Å². The highest BCUT2D eigenvalue weighted by atomic mass is 79.9. The number of benzene rings is 4. The number of piperidine rings is 1. The van der Waals surface area contributed by atoms with Crippen LogP contribution >= 0.6 is 50.7 Å². The first-order valence-corrected chi connectivity index (χ1v) is 15.1. The van der Waals surface area contributed by atoms with Gasteiger partial charge in [0, 0.05) is 38.1 Å². The molecule has 43 heavy (non-hydrogen) atoms. The Labute approximate surface area is 270 Å². The van der Waals surface area contributed by atoms with Gasteiger partial charge in [-0.2, -0.15) is 0 Å². The average molecular weight is 701 g/mol.